The van der Waals surface area contributed by atoms with Gasteiger partial charge in [0, 0.05) is 58.4 Å². The molecule has 33 heavy (non-hydrogen) atoms. The molecule has 0 radical (unpaired) electrons. The molecule has 1 saturated carbocycles. The Morgan fingerprint density at radius 1 is 1.18 bits per heavy atom. The Labute approximate surface area is 193 Å². The predicted molar refractivity (Wildman–Crippen MR) is 122 cm³/mol. The van der Waals surface area contributed by atoms with Crippen molar-refractivity contribution in [2.45, 2.75) is 44.8 Å². The lowest BCUT2D eigenvalue weighted by Crippen LogP contribution is -2.38. The minimum atomic E-state index is -0.297. The van der Waals surface area contributed by atoms with Crippen LogP contribution in [-0.4, -0.2) is 76.7 Å². The quantitative estimate of drug-likeness (QED) is 0.591. The molecule has 1 aliphatic heterocycles. The first-order chi connectivity index (χ1) is 16.0. The van der Waals surface area contributed by atoms with Crippen molar-refractivity contribution in [3.05, 3.63) is 53.3 Å². The van der Waals surface area contributed by atoms with Crippen LogP contribution < -0.4 is 5.32 Å². The molecule has 0 unspecified atom stereocenters. The second kappa shape index (κ2) is 10.6. The Balaban J connectivity index is 1.45. The predicted octanol–water partition coefficient (Wildman–Crippen LogP) is 1.69. The number of ether oxygens (including phenoxy) is 1. The van der Waals surface area contributed by atoms with Crippen LogP contribution in [0.4, 0.5) is 0 Å². The third-order valence-electron chi connectivity index (χ3n) is 5.92. The van der Waals surface area contributed by atoms with Crippen molar-refractivity contribution in [2.24, 2.45) is 0 Å². The van der Waals surface area contributed by atoms with E-state index in [1.165, 1.54) is 0 Å². The van der Waals surface area contributed by atoms with Gasteiger partial charge in [0.15, 0.2) is 5.69 Å². The summed E-state index contributed by atoms with van der Waals surface area (Å²) in [4.78, 5) is 41.9. The number of rotatable bonds is 10. The molecule has 1 aromatic carbocycles. The average molecular weight is 454 g/mol. The van der Waals surface area contributed by atoms with Crippen molar-refractivity contribution in [3.8, 4) is 0 Å². The van der Waals surface area contributed by atoms with Gasteiger partial charge >= 0.3 is 0 Å². The summed E-state index contributed by atoms with van der Waals surface area (Å²) in [6.45, 7) is 2.70. The van der Waals surface area contributed by atoms with Crippen molar-refractivity contribution in [1.82, 2.24) is 24.9 Å². The molecule has 2 heterocycles. The highest BCUT2D eigenvalue weighted by Gasteiger charge is 2.28. The lowest BCUT2D eigenvalue weighted by atomic mass is 10.2. The van der Waals surface area contributed by atoms with Crippen LogP contribution in [0.1, 0.15) is 52.2 Å². The molecule has 4 rings (SSSR count). The fourth-order valence-corrected chi connectivity index (χ4v) is 3.94. The molecule has 1 fully saturated rings. The van der Waals surface area contributed by atoms with Crippen molar-refractivity contribution in [3.63, 3.8) is 0 Å². The number of hydrogen-bond acceptors (Lipinski definition) is 5. The van der Waals surface area contributed by atoms with Gasteiger partial charge in [0.05, 0.1) is 6.61 Å². The van der Waals surface area contributed by atoms with E-state index in [9.17, 15) is 14.4 Å². The molecular formula is C24H31N5O4. The maximum atomic E-state index is 13.2. The summed E-state index contributed by atoms with van der Waals surface area (Å²) in [6.07, 6.45) is 3.03. The Morgan fingerprint density at radius 3 is 2.70 bits per heavy atom. The molecule has 1 N–H and O–H groups in total. The first-order valence-electron chi connectivity index (χ1n) is 11.5. The molecule has 2 aromatic rings. The Hall–Kier alpha value is -3.20. The second-order valence-electron chi connectivity index (χ2n) is 8.58. The molecular weight excluding hydrogens is 422 g/mol. The van der Waals surface area contributed by atoms with Gasteiger partial charge in [-0.1, -0.05) is 30.3 Å². The maximum absolute atomic E-state index is 13.2. The van der Waals surface area contributed by atoms with Crippen LogP contribution >= 0.6 is 0 Å². The minimum Gasteiger partial charge on any atom is -0.383 e. The lowest BCUT2D eigenvalue weighted by Gasteiger charge is -2.21. The summed E-state index contributed by atoms with van der Waals surface area (Å²) in [6, 6.07) is 11.7. The van der Waals surface area contributed by atoms with E-state index in [4.69, 9.17) is 4.74 Å². The zero-order valence-electron chi connectivity index (χ0n) is 19.0. The van der Waals surface area contributed by atoms with E-state index in [0.717, 1.165) is 24.8 Å². The monoisotopic (exact) mass is 453 g/mol. The summed E-state index contributed by atoms with van der Waals surface area (Å²) in [5, 5.41) is 7.40. The molecule has 1 aromatic heterocycles. The molecule has 0 bridgehead atoms. The van der Waals surface area contributed by atoms with Gasteiger partial charge in [-0.05, 0) is 24.8 Å². The van der Waals surface area contributed by atoms with Crippen LogP contribution in [-0.2, 0) is 22.6 Å². The van der Waals surface area contributed by atoms with Gasteiger partial charge < -0.3 is 19.9 Å². The van der Waals surface area contributed by atoms with Gasteiger partial charge in [-0.2, -0.15) is 5.10 Å². The highest BCUT2D eigenvalue weighted by molar-refractivity contribution is 5.98. The van der Waals surface area contributed by atoms with Gasteiger partial charge in [0.2, 0.25) is 5.91 Å². The molecule has 0 atom stereocenters. The summed E-state index contributed by atoms with van der Waals surface area (Å²) in [5.41, 5.74) is 1.70. The van der Waals surface area contributed by atoms with E-state index in [1.807, 2.05) is 30.3 Å². The standard InChI is InChI=1S/C24H31N5O4/c1-33-15-14-27(13-10-22(30)25-19-8-9-19)23(31)20-16-21-24(32)28(11-5-12-29(21)26-20)17-18-6-3-2-4-7-18/h2-4,6-7,16,19H,5,8-15,17H2,1H3,(H,25,30). The number of nitrogens with zero attached hydrogens (tertiary/aromatic N) is 4. The number of methoxy groups -OCH3 is 1. The van der Waals surface area contributed by atoms with Gasteiger partial charge in [-0.25, -0.2) is 0 Å². The van der Waals surface area contributed by atoms with Crippen LogP contribution in [0.15, 0.2) is 36.4 Å². The third kappa shape index (κ3) is 5.98. The fraction of sp³-hybridized carbons (Fsp3) is 0.500. The largest absolute Gasteiger partial charge is 0.383 e. The van der Waals surface area contributed by atoms with Crippen molar-refractivity contribution >= 4 is 17.7 Å². The van der Waals surface area contributed by atoms with Crippen LogP contribution in [0.3, 0.4) is 0 Å². The maximum Gasteiger partial charge on any atom is 0.274 e. The molecule has 2 aliphatic rings. The zero-order chi connectivity index (χ0) is 23.2. The van der Waals surface area contributed by atoms with E-state index < -0.39 is 0 Å². The van der Waals surface area contributed by atoms with Crippen LogP contribution in [0.2, 0.25) is 0 Å². The summed E-state index contributed by atoms with van der Waals surface area (Å²) in [7, 11) is 1.57. The van der Waals surface area contributed by atoms with Crippen molar-refractivity contribution < 1.29 is 19.1 Å². The summed E-state index contributed by atoms with van der Waals surface area (Å²) < 4.78 is 6.78. The number of hydrogen-bond donors (Lipinski definition) is 1. The number of aromatic nitrogens is 2. The van der Waals surface area contributed by atoms with E-state index in [-0.39, 0.29) is 42.4 Å². The number of amides is 3. The number of nitrogens with one attached hydrogen (secondary N) is 1. The molecule has 3 amide bonds. The highest BCUT2D eigenvalue weighted by Crippen LogP contribution is 2.19. The molecule has 176 valence electrons. The highest BCUT2D eigenvalue weighted by atomic mass is 16.5. The molecule has 0 spiro atoms. The van der Waals surface area contributed by atoms with E-state index >= 15 is 0 Å². The molecule has 9 heteroatoms. The van der Waals surface area contributed by atoms with Gasteiger partial charge in [-0.3, -0.25) is 19.1 Å². The third-order valence-corrected chi connectivity index (χ3v) is 5.92. The SMILES string of the molecule is COCCN(CCC(=O)NC1CC1)C(=O)c1cc2n(n1)CCCN(Cc1ccccc1)C2=O. The number of carbonyl (C=O) groups excluding carboxylic acids is 3. The first-order valence-corrected chi connectivity index (χ1v) is 11.5. The van der Waals surface area contributed by atoms with Gasteiger partial charge in [0.1, 0.15) is 5.69 Å². The first kappa shape index (κ1) is 23.0. The average Bonchev–Trinajstić information content (AvgIpc) is 3.56. The minimum absolute atomic E-state index is 0.0555. The van der Waals surface area contributed by atoms with Crippen LogP contribution in [0.5, 0.6) is 0 Å². The van der Waals surface area contributed by atoms with Crippen molar-refractivity contribution in [1.29, 1.82) is 0 Å². The van der Waals surface area contributed by atoms with Crippen molar-refractivity contribution in [2.75, 3.05) is 33.4 Å². The molecule has 1 aliphatic carbocycles. The Kier molecular flexibility index (Phi) is 7.39. The zero-order valence-corrected chi connectivity index (χ0v) is 19.0. The smallest absolute Gasteiger partial charge is 0.274 e. The normalized spacial score (nSPS) is 15.7. The van der Waals surface area contributed by atoms with E-state index in [2.05, 4.69) is 10.4 Å². The molecule has 9 nitrogen and oxygen atoms in total. The van der Waals surface area contributed by atoms with Gasteiger partial charge in [-0.15, -0.1) is 0 Å². The van der Waals surface area contributed by atoms with Crippen LogP contribution in [0.25, 0.3) is 0 Å². The fourth-order valence-electron chi connectivity index (χ4n) is 3.94. The number of carbonyl (C=O) groups is 3. The number of benzene rings is 1. The van der Waals surface area contributed by atoms with Gasteiger partial charge in [0.25, 0.3) is 11.8 Å². The number of fused-ring (bicyclic) bond motifs is 1. The Bertz CT molecular complexity index is 986. The summed E-state index contributed by atoms with van der Waals surface area (Å²) in [5.74, 6) is -0.482. The number of aryl methyl sites for hydroxylation is 1. The van der Waals surface area contributed by atoms with E-state index in [0.29, 0.717) is 38.5 Å². The lowest BCUT2D eigenvalue weighted by molar-refractivity contribution is -0.121. The molecule has 0 saturated heterocycles. The van der Waals surface area contributed by atoms with E-state index in [1.54, 1.807) is 27.7 Å². The van der Waals surface area contributed by atoms with Crippen LogP contribution in [0, 0.1) is 0 Å². The summed E-state index contributed by atoms with van der Waals surface area (Å²) >= 11 is 0. The second-order valence-corrected chi connectivity index (χ2v) is 8.58. The topological polar surface area (TPSA) is 96.8 Å². The Morgan fingerprint density at radius 2 is 1.97 bits per heavy atom.